The van der Waals surface area contributed by atoms with Crippen molar-refractivity contribution in [2.75, 3.05) is 47.4 Å². The summed E-state index contributed by atoms with van der Waals surface area (Å²) < 4.78 is 0. The van der Waals surface area contributed by atoms with Gasteiger partial charge in [-0.2, -0.15) is 0 Å². The molecule has 128 valence electrons. The number of unbranched alkanes of at least 4 members (excludes halogenated alkanes) is 1. The molecule has 1 heterocycles. The first-order valence-corrected chi connectivity index (χ1v) is 8.91. The van der Waals surface area contributed by atoms with E-state index in [0.717, 1.165) is 44.0 Å². The largest absolute Gasteiger partial charge is 0.399 e. The number of benzene rings is 2. The summed E-state index contributed by atoms with van der Waals surface area (Å²) in [5, 5.41) is 0. The van der Waals surface area contributed by atoms with Gasteiger partial charge in [0.2, 0.25) is 0 Å². The van der Waals surface area contributed by atoms with E-state index in [9.17, 15) is 0 Å². The second-order valence-corrected chi connectivity index (χ2v) is 6.56. The van der Waals surface area contributed by atoms with Gasteiger partial charge in [0.15, 0.2) is 0 Å². The predicted molar refractivity (Wildman–Crippen MR) is 105 cm³/mol. The molecule has 0 aromatic heterocycles. The fraction of sp³-hybridized carbons (Fsp3) is 0.400. The van der Waals surface area contributed by atoms with Crippen molar-refractivity contribution < 1.29 is 0 Å². The highest BCUT2D eigenvalue weighted by molar-refractivity contribution is 5.61. The quantitative estimate of drug-likeness (QED) is 0.826. The van der Waals surface area contributed by atoms with Gasteiger partial charge in [0, 0.05) is 48.9 Å². The van der Waals surface area contributed by atoms with E-state index in [1.54, 1.807) is 0 Å². The maximum Gasteiger partial charge on any atom is 0.0401 e. The number of piperazine rings is 1. The lowest BCUT2D eigenvalue weighted by atomic mass is 10.0. The zero-order chi connectivity index (χ0) is 16.9. The summed E-state index contributed by atoms with van der Waals surface area (Å²) >= 11 is 0. The Bertz CT molecular complexity index is 658. The molecule has 2 aromatic carbocycles. The van der Waals surface area contributed by atoms with Gasteiger partial charge in [0.25, 0.3) is 0 Å². The molecule has 0 atom stereocenters. The average molecular weight is 324 g/mol. The van der Waals surface area contributed by atoms with Crippen molar-refractivity contribution in [2.45, 2.75) is 26.2 Å². The molecule has 2 aromatic rings. The van der Waals surface area contributed by atoms with E-state index >= 15 is 0 Å². The molecule has 0 spiro atoms. The minimum atomic E-state index is 0.819. The van der Waals surface area contributed by atoms with Crippen molar-refractivity contribution in [3.8, 4) is 0 Å². The van der Waals surface area contributed by atoms with E-state index in [-0.39, 0.29) is 0 Å². The summed E-state index contributed by atoms with van der Waals surface area (Å²) in [5.74, 6) is 0. The lowest BCUT2D eigenvalue weighted by Crippen LogP contribution is -2.46. The number of anilines is 4. The Morgan fingerprint density at radius 3 is 2.12 bits per heavy atom. The molecule has 4 heteroatoms. The second kappa shape index (κ2) is 7.47. The fourth-order valence-electron chi connectivity index (χ4n) is 3.37. The summed E-state index contributed by atoms with van der Waals surface area (Å²) in [5.41, 5.74) is 17.5. The lowest BCUT2D eigenvalue weighted by Gasteiger charge is -2.38. The van der Waals surface area contributed by atoms with E-state index in [4.69, 9.17) is 11.5 Å². The second-order valence-electron chi connectivity index (χ2n) is 6.56. The highest BCUT2D eigenvalue weighted by Crippen LogP contribution is 2.27. The van der Waals surface area contributed by atoms with Crippen LogP contribution in [0.4, 0.5) is 22.7 Å². The fourth-order valence-corrected chi connectivity index (χ4v) is 3.37. The van der Waals surface area contributed by atoms with Crippen molar-refractivity contribution in [3.05, 3.63) is 48.0 Å². The molecule has 3 rings (SSSR count). The first kappa shape index (κ1) is 16.5. The van der Waals surface area contributed by atoms with Crippen LogP contribution in [0, 0.1) is 0 Å². The smallest absolute Gasteiger partial charge is 0.0401 e. The van der Waals surface area contributed by atoms with Crippen LogP contribution in [-0.2, 0) is 6.42 Å². The maximum atomic E-state index is 6.00. The molecule has 0 unspecified atom stereocenters. The molecule has 1 aliphatic rings. The molecule has 0 saturated carbocycles. The molecule has 0 radical (unpaired) electrons. The van der Waals surface area contributed by atoms with E-state index in [0.29, 0.717) is 0 Å². The molecule has 24 heavy (non-hydrogen) atoms. The van der Waals surface area contributed by atoms with Crippen LogP contribution in [0.1, 0.15) is 25.3 Å². The lowest BCUT2D eigenvalue weighted by molar-refractivity contribution is 0.649. The summed E-state index contributed by atoms with van der Waals surface area (Å²) in [7, 11) is 0. The van der Waals surface area contributed by atoms with Crippen molar-refractivity contribution in [3.63, 3.8) is 0 Å². The van der Waals surface area contributed by atoms with E-state index in [1.807, 2.05) is 18.2 Å². The number of hydrogen-bond acceptors (Lipinski definition) is 4. The molecular formula is C20H28N4. The Labute approximate surface area is 145 Å². The molecule has 1 fully saturated rings. The standard InChI is InChI=1S/C20H28N4/c1-2-3-4-16-15-18(22)7-10-20(16)24-13-11-23(12-14-24)19-8-5-17(21)6-9-19/h5-10,15H,2-4,11-14,21-22H2,1H3. The Morgan fingerprint density at radius 2 is 1.46 bits per heavy atom. The van der Waals surface area contributed by atoms with Gasteiger partial charge in [-0.3, -0.25) is 0 Å². The van der Waals surface area contributed by atoms with Crippen LogP contribution >= 0.6 is 0 Å². The number of hydrogen-bond donors (Lipinski definition) is 2. The van der Waals surface area contributed by atoms with Crippen molar-refractivity contribution in [2.24, 2.45) is 0 Å². The maximum absolute atomic E-state index is 6.00. The van der Waals surface area contributed by atoms with Gasteiger partial charge < -0.3 is 21.3 Å². The van der Waals surface area contributed by atoms with Crippen LogP contribution in [-0.4, -0.2) is 26.2 Å². The Hall–Kier alpha value is -2.36. The Morgan fingerprint density at radius 1 is 0.833 bits per heavy atom. The average Bonchev–Trinajstić information content (AvgIpc) is 2.61. The molecule has 1 aliphatic heterocycles. The molecule has 0 bridgehead atoms. The van der Waals surface area contributed by atoms with Crippen LogP contribution in [0.25, 0.3) is 0 Å². The first-order chi connectivity index (χ1) is 11.7. The third kappa shape index (κ3) is 3.75. The van der Waals surface area contributed by atoms with Crippen LogP contribution in [0.5, 0.6) is 0 Å². The third-order valence-corrected chi connectivity index (χ3v) is 4.78. The highest BCUT2D eigenvalue weighted by atomic mass is 15.3. The minimum Gasteiger partial charge on any atom is -0.399 e. The molecule has 4 nitrogen and oxygen atoms in total. The van der Waals surface area contributed by atoms with E-state index in [1.165, 1.54) is 29.8 Å². The Kier molecular flexibility index (Phi) is 5.14. The zero-order valence-corrected chi connectivity index (χ0v) is 14.5. The summed E-state index contributed by atoms with van der Waals surface area (Å²) in [6.07, 6.45) is 3.52. The SMILES string of the molecule is CCCCc1cc(N)ccc1N1CCN(c2ccc(N)cc2)CC1. The molecular weight excluding hydrogens is 296 g/mol. The summed E-state index contributed by atoms with van der Waals surface area (Å²) in [6.45, 7) is 6.36. The topological polar surface area (TPSA) is 58.5 Å². The van der Waals surface area contributed by atoms with Crippen molar-refractivity contribution >= 4 is 22.7 Å². The number of nitrogens with two attached hydrogens (primary N) is 2. The molecule has 0 aliphatic carbocycles. The van der Waals surface area contributed by atoms with E-state index in [2.05, 4.69) is 41.0 Å². The first-order valence-electron chi connectivity index (χ1n) is 8.91. The molecule has 1 saturated heterocycles. The Balaban J connectivity index is 1.69. The van der Waals surface area contributed by atoms with Crippen LogP contribution in [0.15, 0.2) is 42.5 Å². The monoisotopic (exact) mass is 324 g/mol. The van der Waals surface area contributed by atoms with Gasteiger partial charge >= 0.3 is 0 Å². The summed E-state index contributed by atoms with van der Waals surface area (Å²) in [6, 6.07) is 14.5. The predicted octanol–water partition coefficient (Wildman–Crippen LogP) is 3.52. The van der Waals surface area contributed by atoms with Crippen molar-refractivity contribution in [1.82, 2.24) is 0 Å². The van der Waals surface area contributed by atoms with E-state index < -0.39 is 0 Å². The van der Waals surface area contributed by atoms with Gasteiger partial charge in [-0.1, -0.05) is 13.3 Å². The number of nitrogens with zero attached hydrogens (tertiary/aromatic N) is 2. The van der Waals surface area contributed by atoms with Crippen LogP contribution in [0.2, 0.25) is 0 Å². The summed E-state index contributed by atoms with van der Waals surface area (Å²) in [4.78, 5) is 4.93. The van der Waals surface area contributed by atoms with Gasteiger partial charge in [0.05, 0.1) is 0 Å². The number of nitrogen functional groups attached to an aromatic ring is 2. The van der Waals surface area contributed by atoms with Gasteiger partial charge in [-0.15, -0.1) is 0 Å². The number of rotatable bonds is 5. The minimum absolute atomic E-state index is 0.819. The van der Waals surface area contributed by atoms with Gasteiger partial charge in [-0.05, 0) is 60.9 Å². The van der Waals surface area contributed by atoms with Crippen LogP contribution in [0.3, 0.4) is 0 Å². The van der Waals surface area contributed by atoms with Crippen molar-refractivity contribution in [1.29, 1.82) is 0 Å². The highest BCUT2D eigenvalue weighted by Gasteiger charge is 2.19. The van der Waals surface area contributed by atoms with Gasteiger partial charge in [-0.25, -0.2) is 0 Å². The van der Waals surface area contributed by atoms with Gasteiger partial charge in [0.1, 0.15) is 0 Å². The molecule has 4 N–H and O–H groups in total. The normalized spacial score (nSPS) is 14.9. The zero-order valence-electron chi connectivity index (χ0n) is 14.5. The molecule has 0 amide bonds. The van der Waals surface area contributed by atoms with Crippen LogP contribution < -0.4 is 21.3 Å². The third-order valence-electron chi connectivity index (χ3n) is 4.78. The number of aryl methyl sites for hydroxylation is 1.